The van der Waals surface area contributed by atoms with Crippen LogP contribution in [0, 0.1) is 6.92 Å². The number of benzene rings is 2. The smallest absolute Gasteiger partial charge is 0.191 e. The van der Waals surface area contributed by atoms with Crippen LogP contribution < -0.4 is 15.4 Å². The lowest BCUT2D eigenvalue weighted by Crippen LogP contribution is -2.36. The second kappa shape index (κ2) is 10.2. The van der Waals surface area contributed by atoms with Crippen molar-refractivity contribution in [2.24, 2.45) is 4.99 Å². The van der Waals surface area contributed by atoms with E-state index in [1.54, 1.807) is 7.05 Å². The molecule has 0 spiro atoms. The van der Waals surface area contributed by atoms with Gasteiger partial charge in [-0.2, -0.15) is 0 Å². The molecule has 0 saturated heterocycles. The van der Waals surface area contributed by atoms with E-state index in [9.17, 15) is 0 Å². The molecule has 0 aliphatic rings. The Morgan fingerprint density at radius 1 is 1.03 bits per heavy atom. The van der Waals surface area contributed by atoms with E-state index in [0.717, 1.165) is 29.6 Å². The van der Waals surface area contributed by atoms with Crippen LogP contribution in [-0.4, -0.2) is 28.2 Å². The second-order valence-electron chi connectivity index (χ2n) is 8.52. The first-order valence-electron chi connectivity index (χ1n) is 10.6. The average molecular weight is 420 g/mol. The van der Waals surface area contributed by atoms with Crippen molar-refractivity contribution < 1.29 is 4.74 Å². The van der Waals surface area contributed by atoms with Crippen molar-refractivity contribution >= 4 is 5.96 Å². The van der Waals surface area contributed by atoms with Gasteiger partial charge in [0.1, 0.15) is 17.2 Å². The topological polar surface area (TPSA) is 63.5 Å². The Labute approximate surface area is 185 Å². The minimum atomic E-state index is -0.240. The van der Waals surface area contributed by atoms with Gasteiger partial charge >= 0.3 is 0 Å². The van der Waals surface area contributed by atoms with Crippen LogP contribution in [0.1, 0.15) is 43.3 Å². The molecule has 0 radical (unpaired) electrons. The summed E-state index contributed by atoms with van der Waals surface area (Å²) in [5.41, 5.74) is 3.31. The molecule has 0 amide bonds. The van der Waals surface area contributed by atoms with Crippen molar-refractivity contribution in [3.05, 3.63) is 83.4 Å². The van der Waals surface area contributed by atoms with Gasteiger partial charge in [0.25, 0.3) is 0 Å². The Morgan fingerprint density at radius 3 is 2.48 bits per heavy atom. The molecule has 31 heavy (non-hydrogen) atoms. The maximum Gasteiger partial charge on any atom is 0.191 e. The van der Waals surface area contributed by atoms with Gasteiger partial charge in [0.2, 0.25) is 0 Å². The fourth-order valence-electron chi connectivity index (χ4n) is 3.27. The van der Waals surface area contributed by atoms with Gasteiger partial charge in [-0.1, -0.05) is 42.5 Å². The molecule has 1 aromatic heterocycles. The average Bonchev–Trinajstić information content (AvgIpc) is 3.13. The summed E-state index contributed by atoms with van der Waals surface area (Å²) in [7, 11) is 1.78. The minimum absolute atomic E-state index is 0.240. The van der Waals surface area contributed by atoms with E-state index < -0.39 is 0 Å². The van der Waals surface area contributed by atoms with E-state index >= 15 is 0 Å². The number of aliphatic imine (C=N–C) groups is 1. The van der Waals surface area contributed by atoms with Crippen LogP contribution in [0.4, 0.5) is 0 Å². The number of guanidine groups is 1. The Morgan fingerprint density at radius 2 is 1.77 bits per heavy atom. The highest BCUT2D eigenvalue weighted by Gasteiger charge is 2.14. The summed E-state index contributed by atoms with van der Waals surface area (Å²) in [6.07, 6.45) is 3.84. The van der Waals surface area contributed by atoms with Crippen LogP contribution in [0.15, 0.2) is 65.9 Å². The van der Waals surface area contributed by atoms with Crippen molar-refractivity contribution in [3.63, 3.8) is 0 Å². The maximum absolute atomic E-state index is 6.09. The van der Waals surface area contributed by atoms with Crippen LogP contribution in [0.3, 0.4) is 0 Å². The summed E-state index contributed by atoms with van der Waals surface area (Å²) in [5, 5.41) is 6.79. The number of aryl methyl sites for hydroxylation is 1. The molecule has 6 nitrogen and oxygen atoms in total. The van der Waals surface area contributed by atoms with Crippen LogP contribution in [0.25, 0.3) is 0 Å². The molecule has 1 heterocycles. The van der Waals surface area contributed by atoms with Crippen molar-refractivity contribution in [2.45, 2.75) is 52.9 Å². The molecule has 0 unspecified atom stereocenters. The maximum atomic E-state index is 6.09. The third-order valence-corrected chi connectivity index (χ3v) is 4.79. The molecule has 0 bridgehead atoms. The van der Waals surface area contributed by atoms with E-state index in [4.69, 9.17) is 4.74 Å². The number of ether oxygens (including phenoxy) is 1. The summed E-state index contributed by atoms with van der Waals surface area (Å²) >= 11 is 0. The van der Waals surface area contributed by atoms with Crippen molar-refractivity contribution in [2.75, 3.05) is 7.05 Å². The molecule has 2 N–H and O–H groups in total. The van der Waals surface area contributed by atoms with Crippen molar-refractivity contribution in [1.82, 2.24) is 20.2 Å². The molecule has 0 aliphatic carbocycles. The number of nitrogens with one attached hydrogen (secondary N) is 2. The largest absolute Gasteiger partial charge is 0.488 e. The van der Waals surface area contributed by atoms with E-state index in [2.05, 4.69) is 76.3 Å². The van der Waals surface area contributed by atoms with E-state index in [1.165, 1.54) is 11.1 Å². The first-order chi connectivity index (χ1) is 14.8. The summed E-state index contributed by atoms with van der Waals surface area (Å²) in [4.78, 5) is 8.65. The van der Waals surface area contributed by atoms with Gasteiger partial charge < -0.3 is 19.9 Å². The number of imidazole rings is 1. The predicted octanol–water partition coefficient (Wildman–Crippen LogP) is 4.28. The van der Waals surface area contributed by atoms with E-state index in [1.807, 2.05) is 37.5 Å². The molecule has 0 fully saturated rings. The van der Waals surface area contributed by atoms with Crippen LogP contribution in [0.5, 0.6) is 5.75 Å². The Hall–Kier alpha value is -3.28. The van der Waals surface area contributed by atoms with Crippen LogP contribution in [0.2, 0.25) is 0 Å². The number of hydrogen-bond donors (Lipinski definition) is 2. The molecule has 0 saturated carbocycles. The highest BCUT2D eigenvalue weighted by molar-refractivity contribution is 5.79. The highest BCUT2D eigenvalue weighted by atomic mass is 16.5. The zero-order valence-corrected chi connectivity index (χ0v) is 19.1. The molecular formula is C25H33N5O. The summed E-state index contributed by atoms with van der Waals surface area (Å²) < 4.78 is 8.23. The summed E-state index contributed by atoms with van der Waals surface area (Å²) in [6, 6.07) is 16.7. The second-order valence-corrected chi connectivity index (χ2v) is 8.52. The number of nitrogens with zero attached hydrogens (tertiary/aromatic N) is 3. The third kappa shape index (κ3) is 6.88. The molecular weight excluding hydrogens is 386 g/mol. The molecule has 0 aliphatic heterocycles. The quantitative estimate of drug-likeness (QED) is 0.443. The Kier molecular flexibility index (Phi) is 7.34. The molecule has 6 heteroatoms. The molecule has 0 atom stereocenters. The SMILES string of the molecule is CN=C(NCc1cccc(Cn2ccnc2C)c1)NCc1ccccc1OC(C)(C)C. The first kappa shape index (κ1) is 22.4. The summed E-state index contributed by atoms with van der Waals surface area (Å²) in [5.74, 6) is 2.66. The van der Waals surface area contributed by atoms with Crippen LogP contribution >= 0.6 is 0 Å². The first-order valence-corrected chi connectivity index (χ1v) is 10.6. The van der Waals surface area contributed by atoms with Gasteiger partial charge in [0.05, 0.1) is 0 Å². The molecule has 3 aromatic rings. The predicted molar refractivity (Wildman–Crippen MR) is 126 cm³/mol. The zero-order chi connectivity index (χ0) is 22.3. The fraction of sp³-hybridized carbons (Fsp3) is 0.360. The zero-order valence-electron chi connectivity index (χ0n) is 19.1. The molecule has 2 aromatic carbocycles. The standard InChI is InChI=1S/C25H33N5O/c1-19-27-13-14-30(19)18-21-10-8-9-20(15-21)16-28-24(26-5)29-17-22-11-6-7-12-23(22)31-25(2,3)4/h6-15H,16-18H2,1-5H3,(H2,26,28,29). The lowest BCUT2D eigenvalue weighted by molar-refractivity contribution is 0.129. The lowest BCUT2D eigenvalue weighted by atomic mass is 10.1. The van der Waals surface area contributed by atoms with E-state index in [-0.39, 0.29) is 5.60 Å². The van der Waals surface area contributed by atoms with Gasteiger partial charge in [0.15, 0.2) is 5.96 Å². The Bertz CT molecular complexity index is 1020. The fourth-order valence-corrected chi connectivity index (χ4v) is 3.27. The van der Waals surface area contributed by atoms with Crippen molar-refractivity contribution in [1.29, 1.82) is 0 Å². The molecule has 164 valence electrons. The van der Waals surface area contributed by atoms with Crippen LogP contribution in [-0.2, 0) is 19.6 Å². The van der Waals surface area contributed by atoms with Crippen molar-refractivity contribution in [3.8, 4) is 5.75 Å². The summed E-state index contributed by atoms with van der Waals surface area (Å²) in [6.45, 7) is 10.3. The lowest BCUT2D eigenvalue weighted by Gasteiger charge is -2.23. The number of para-hydroxylation sites is 1. The van der Waals surface area contributed by atoms with Gasteiger partial charge in [-0.05, 0) is 44.9 Å². The third-order valence-electron chi connectivity index (χ3n) is 4.79. The number of aromatic nitrogens is 2. The minimum Gasteiger partial charge on any atom is -0.488 e. The Balaban J connectivity index is 1.57. The molecule has 3 rings (SSSR count). The van der Waals surface area contributed by atoms with Gasteiger partial charge in [0, 0.05) is 44.6 Å². The monoisotopic (exact) mass is 419 g/mol. The highest BCUT2D eigenvalue weighted by Crippen LogP contribution is 2.22. The van der Waals surface area contributed by atoms with E-state index in [0.29, 0.717) is 13.1 Å². The normalized spacial score (nSPS) is 12.0. The number of rotatable bonds is 7. The van der Waals surface area contributed by atoms with Gasteiger partial charge in [-0.25, -0.2) is 4.98 Å². The number of hydrogen-bond acceptors (Lipinski definition) is 3. The van der Waals surface area contributed by atoms with Gasteiger partial charge in [-0.3, -0.25) is 4.99 Å². The van der Waals surface area contributed by atoms with Gasteiger partial charge in [-0.15, -0.1) is 0 Å².